The molecule has 0 unspecified atom stereocenters. The Morgan fingerprint density at radius 2 is 1.61 bits per heavy atom. The van der Waals surface area contributed by atoms with Gasteiger partial charge in [-0.3, -0.25) is 0 Å². The Morgan fingerprint density at radius 3 is 2.28 bits per heavy atom. The lowest BCUT2D eigenvalue weighted by Gasteiger charge is -2.15. The zero-order valence-corrected chi connectivity index (χ0v) is 12.7. The summed E-state index contributed by atoms with van der Waals surface area (Å²) in [4.78, 5) is 0. The SMILES string of the molecule is C[C@H](NCc1ccccc1)c1ccccc1Br.Cl. The van der Waals surface area contributed by atoms with Crippen molar-refractivity contribution in [2.24, 2.45) is 0 Å². The van der Waals surface area contributed by atoms with Gasteiger partial charge in [-0.2, -0.15) is 0 Å². The molecule has 96 valence electrons. The molecule has 18 heavy (non-hydrogen) atoms. The Bertz CT molecular complexity index is 473. The van der Waals surface area contributed by atoms with Crippen molar-refractivity contribution in [2.45, 2.75) is 19.5 Å². The van der Waals surface area contributed by atoms with Gasteiger partial charge in [0.15, 0.2) is 0 Å². The van der Waals surface area contributed by atoms with E-state index >= 15 is 0 Å². The van der Waals surface area contributed by atoms with Gasteiger partial charge in [-0.15, -0.1) is 12.4 Å². The van der Waals surface area contributed by atoms with Gasteiger partial charge in [0, 0.05) is 17.1 Å². The third-order valence-corrected chi connectivity index (χ3v) is 3.55. The van der Waals surface area contributed by atoms with Crippen LogP contribution < -0.4 is 5.32 Å². The van der Waals surface area contributed by atoms with Crippen LogP contribution in [-0.4, -0.2) is 0 Å². The molecule has 0 amide bonds. The van der Waals surface area contributed by atoms with Gasteiger partial charge < -0.3 is 5.32 Å². The molecule has 2 aromatic rings. The van der Waals surface area contributed by atoms with E-state index in [1.807, 2.05) is 12.1 Å². The summed E-state index contributed by atoms with van der Waals surface area (Å²) in [6.45, 7) is 3.08. The van der Waals surface area contributed by atoms with Gasteiger partial charge in [0.2, 0.25) is 0 Å². The van der Waals surface area contributed by atoms with Crippen molar-refractivity contribution in [3.05, 3.63) is 70.2 Å². The highest BCUT2D eigenvalue weighted by Gasteiger charge is 2.07. The lowest BCUT2D eigenvalue weighted by molar-refractivity contribution is 0.573. The first kappa shape index (κ1) is 15.2. The minimum Gasteiger partial charge on any atom is -0.306 e. The third-order valence-electron chi connectivity index (χ3n) is 2.83. The van der Waals surface area contributed by atoms with E-state index in [4.69, 9.17) is 0 Å². The second-order valence-corrected chi connectivity index (χ2v) is 4.96. The zero-order chi connectivity index (χ0) is 12.1. The van der Waals surface area contributed by atoms with E-state index in [1.54, 1.807) is 0 Å². The molecule has 2 rings (SSSR count). The summed E-state index contributed by atoms with van der Waals surface area (Å²) >= 11 is 3.58. The normalized spacial score (nSPS) is 11.7. The standard InChI is InChI=1S/C15H16BrN.ClH/c1-12(14-9-5-6-10-15(14)16)17-11-13-7-3-2-4-8-13;/h2-10,12,17H,11H2,1H3;1H/t12-;/m0./s1. The summed E-state index contributed by atoms with van der Waals surface area (Å²) in [6, 6.07) is 19.1. The number of halogens is 2. The molecule has 0 bridgehead atoms. The first-order valence-corrected chi connectivity index (χ1v) is 6.58. The molecule has 0 spiro atoms. The molecular formula is C15H17BrClN. The fourth-order valence-corrected chi connectivity index (χ4v) is 2.43. The molecule has 0 heterocycles. The summed E-state index contributed by atoms with van der Waals surface area (Å²) in [5, 5.41) is 3.53. The van der Waals surface area contributed by atoms with Gasteiger partial charge in [-0.25, -0.2) is 0 Å². The minimum absolute atomic E-state index is 0. The Hall–Kier alpha value is -0.830. The van der Waals surface area contributed by atoms with Crippen LogP contribution in [0.2, 0.25) is 0 Å². The lowest BCUT2D eigenvalue weighted by atomic mass is 10.1. The maximum atomic E-state index is 3.58. The second kappa shape index (κ2) is 7.57. The van der Waals surface area contributed by atoms with Crippen molar-refractivity contribution in [2.75, 3.05) is 0 Å². The number of hydrogen-bond donors (Lipinski definition) is 1. The maximum Gasteiger partial charge on any atom is 0.0306 e. The van der Waals surface area contributed by atoms with Gasteiger partial charge >= 0.3 is 0 Å². The molecule has 2 aromatic carbocycles. The van der Waals surface area contributed by atoms with E-state index in [1.165, 1.54) is 11.1 Å². The Kier molecular flexibility index (Phi) is 6.41. The average molecular weight is 327 g/mol. The average Bonchev–Trinajstić information content (AvgIpc) is 2.38. The van der Waals surface area contributed by atoms with Crippen LogP contribution in [0.15, 0.2) is 59.1 Å². The monoisotopic (exact) mass is 325 g/mol. The summed E-state index contributed by atoms with van der Waals surface area (Å²) < 4.78 is 1.16. The molecule has 1 atom stereocenters. The molecule has 0 radical (unpaired) electrons. The van der Waals surface area contributed by atoms with Gasteiger partial charge in [-0.05, 0) is 24.1 Å². The van der Waals surface area contributed by atoms with E-state index in [0.717, 1.165) is 11.0 Å². The Balaban J connectivity index is 0.00000162. The van der Waals surface area contributed by atoms with E-state index in [9.17, 15) is 0 Å². The minimum atomic E-state index is 0. The molecular weight excluding hydrogens is 310 g/mol. The molecule has 3 heteroatoms. The summed E-state index contributed by atoms with van der Waals surface area (Å²) in [7, 11) is 0. The van der Waals surface area contributed by atoms with Gasteiger partial charge in [-0.1, -0.05) is 64.5 Å². The fourth-order valence-electron chi connectivity index (χ4n) is 1.80. The highest BCUT2D eigenvalue weighted by atomic mass is 79.9. The lowest BCUT2D eigenvalue weighted by Crippen LogP contribution is -2.18. The van der Waals surface area contributed by atoms with Gasteiger partial charge in [0.1, 0.15) is 0 Å². The molecule has 0 aliphatic heterocycles. The Morgan fingerprint density at radius 1 is 1.00 bits per heavy atom. The van der Waals surface area contributed by atoms with Crippen LogP contribution in [0.1, 0.15) is 24.1 Å². The molecule has 1 N–H and O–H groups in total. The van der Waals surface area contributed by atoms with Crippen molar-refractivity contribution < 1.29 is 0 Å². The van der Waals surface area contributed by atoms with E-state index in [-0.39, 0.29) is 12.4 Å². The molecule has 1 nitrogen and oxygen atoms in total. The fraction of sp³-hybridized carbons (Fsp3) is 0.200. The Labute approximate surface area is 123 Å². The maximum absolute atomic E-state index is 3.58. The number of nitrogens with one attached hydrogen (secondary N) is 1. The van der Waals surface area contributed by atoms with Crippen LogP contribution in [0.5, 0.6) is 0 Å². The predicted molar refractivity (Wildman–Crippen MR) is 83.1 cm³/mol. The summed E-state index contributed by atoms with van der Waals surface area (Å²) in [6.07, 6.45) is 0. The van der Waals surface area contributed by atoms with Crippen molar-refractivity contribution in [3.63, 3.8) is 0 Å². The quantitative estimate of drug-likeness (QED) is 0.857. The van der Waals surface area contributed by atoms with E-state index in [0.29, 0.717) is 6.04 Å². The summed E-state index contributed by atoms with van der Waals surface area (Å²) in [5.41, 5.74) is 2.61. The molecule has 0 aliphatic carbocycles. The van der Waals surface area contributed by atoms with Crippen LogP contribution in [0.3, 0.4) is 0 Å². The topological polar surface area (TPSA) is 12.0 Å². The zero-order valence-electron chi connectivity index (χ0n) is 10.3. The van der Waals surface area contributed by atoms with Gasteiger partial charge in [0.25, 0.3) is 0 Å². The first-order valence-electron chi connectivity index (χ1n) is 5.79. The van der Waals surface area contributed by atoms with Crippen molar-refractivity contribution >= 4 is 28.3 Å². The van der Waals surface area contributed by atoms with E-state index < -0.39 is 0 Å². The van der Waals surface area contributed by atoms with Crippen molar-refractivity contribution in [1.29, 1.82) is 0 Å². The van der Waals surface area contributed by atoms with Crippen LogP contribution in [0.25, 0.3) is 0 Å². The first-order chi connectivity index (χ1) is 8.27. The smallest absolute Gasteiger partial charge is 0.0306 e. The van der Waals surface area contributed by atoms with Crippen molar-refractivity contribution in [1.82, 2.24) is 5.32 Å². The molecule has 0 aliphatic rings. The molecule has 0 aromatic heterocycles. The molecule has 0 fully saturated rings. The van der Waals surface area contributed by atoms with Crippen LogP contribution in [0, 0.1) is 0 Å². The number of rotatable bonds is 4. The largest absolute Gasteiger partial charge is 0.306 e. The van der Waals surface area contributed by atoms with Crippen molar-refractivity contribution in [3.8, 4) is 0 Å². The second-order valence-electron chi connectivity index (χ2n) is 4.11. The number of benzene rings is 2. The third kappa shape index (κ3) is 4.13. The van der Waals surface area contributed by atoms with E-state index in [2.05, 4.69) is 70.6 Å². The van der Waals surface area contributed by atoms with Crippen LogP contribution >= 0.6 is 28.3 Å². The predicted octanol–water partition coefficient (Wildman–Crippen LogP) is 4.72. The number of hydrogen-bond acceptors (Lipinski definition) is 1. The van der Waals surface area contributed by atoms with Crippen LogP contribution in [-0.2, 0) is 6.54 Å². The molecule has 0 saturated heterocycles. The highest BCUT2D eigenvalue weighted by Crippen LogP contribution is 2.22. The summed E-state index contributed by atoms with van der Waals surface area (Å²) in [5.74, 6) is 0. The molecule has 0 saturated carbocycles. The van der Waals surface area contributed by atoms with Gasteiger partial charge in [0.05, 0.1) is 0 Å². The highest BCUT2D eigenvalue weighted by molar-refractivity contribution is 9.10. The van der Waals surface area contributed by atoms with Crippen LogP contribution in [0.4, 0.5) is 0 Å².